The number of hydrogen-bond donors (Lipinski definition) is 1. The second-order valence-corrected chi connectivity index (χ2v) is 4.73. The fourth-order valence-corrected chi connectivity index (χ4v) is 2.33. The molecule has 18 heavy (non-hydrogen) atoms. The molecule has 1 aromatic heterocycles. The highest BCUT2D eigenvalue weighted by molar-refractivity contribution is 7.09. The van der Waals surface area contributed by atoms with Crippen LogP contribution < -0.4 is 14.8 Å². The summed E-state index contributed by atoms with van der Waals surface area (Å²) in [6, 6.07) is 5.94. The Bertz CT molecular complexity index is 500. The first kappa shape index (κ1) is 12.7. The van der Waals surface area contributed by atoms with Gasteiger partial charge in [0.15, 0.2) is 11.5 Å². The van der Waals surface area contributed by atoms with Gasteiger partial charge in [-0.25, -0.2) is 4.98 Å². The SMILES string of the molecule is COc1ccc(NC(C)c2nccs2)cc1OC. The van der Waals surface area contributed by atoms with Crippen LogP contribution in [0.15, 0.2) is 29.8 Å². The van der Waals surface area contributed by atoms with Crippen molar-refractivity contribution >= 4 is 17.0 Å². The van der Waals surface area contributed by atoms with E-state index in [0.717, 1.165) is 16.4 Å². The zero-order valence-electron chi connectivity index (χ0n) is 10.6. The number of nitrogens with one attached hydrogen (secondary N) is 1. The van der Waals surface area contributed by atoms with Gasteiger partial charge >= 0.3 is 0 Å². The average Bonchev–Trinajstić information content (AvgIpc) is 2.92. The van der Waals surface area contributed by atoms with Crippen molar-refractivity contribution in [2.75, 3.05) is 19.5 Å². The van der Waals surface area contributed by atoms with Crippen LogP contribution in [0.4, 0.5) is 5.69 Å². The van der Waals surface area contributed by atoms with Crippen molar-refractivity contribution in [3.63, 3.8) is 0 Å². The van der Waals surface area contributed by atoms with Crippen molar-refractivity contribution in [1.82, 2.24) is 4.98 Å². The number of hydrogen-bond acceptors (Lipinski definition) is 5. The molecule has 2 rings (SSSR count). The minimum Gasteiger partial charge on any atom is -0.493 e. The third-order valence-electron chi connectivity index (χ3n) is 2.59. The standard InChI is InChI=1S/C13H16N2O2S/c1-9(13-14-6-7-18-13)15-10-4-5-11(16-2)12(8-10)17-3/h4-9,15H,1-3H3. The minimum atomic E-state index is 0.170. The monoisotopic (exact) mass is 264 g/mol. The molecule has 1 N–H and O–H groups in total. The smallest absolute Gasteiger partial charge is 0.162 e. The summed E-state index contributed by atoms with van der Waals surface area (Å²) >= 11 is 1.64. The molecule has 2 aromatic rings. The van der Waals surface area contributed by atoms with Gasteiger partial charge in [0.05, 0.1) is 20.3 Å². The van der Waals surface area contributed by atoms with Gasteiger partial charge in [0.25, 0.3) is 0 Å². The highest BCUT2D eigenvalue weighted by Crippen LogP contribution is 2.31. The van der Waals surface area contributed by atoms with Gasteiger partial charge in [0.1, 0.15) is 5.01 Å². The summed E-state index contributed by atoms with van der Waals surface area (Å²) in [6.45, 7) is 2.08. The van der Waals surface area contributed by atoms with Gasteiger partial charge < -0.3 is 14.8 Å². The topological polar surface area (TPSA) is 43.4 Å². The number of aromatic nitrogens is 1. The first-order valence-corrected chi connectivity index (χ1v) is 6.50. The molecule has 0 aliphatic rings. The van der Waals surface area contributed by atoms with Gasteiger partial charge in [-0.15, -0.1) is 11.3 Å². The molecule has 1 heterocycles. The molecule has 0 aliphatic carbocycles. The first-order chi connectivity index (χ1) is 8.74. The molecule has 0 saturated carbocycles. The minimum absolute atomic E-state index is 0.170. The van der Waals surface area contributed by atoms with E-state index in [9.17, 15) is 0 Å². The zero-order chi connectivity index (χ0) is 13.0. The third-order valence-corrected chi connectivity index (χ3v) is 3.55. The van der Waals surface area contributed by atoms with E-state index in [-0.39, 0.29) is 6.04 Å². The Morgan fingerprint density at radius 1 is 1.22 bits per heavy atom. The molecule has 1 unspecified atom stereocenters. The summed E-state index contributed by atoms with van der Waals surface area (Å²) < 4.78 is 10.5. The van der Waals surface area contributed by atoms with Gasteiger partial charge in [-0.2, -0.15) is 0 Å². The average molecular weight is 264 g/mol. The number of nitrogens with zero attached hydrogens (tertiary/aromatic N) is 1. The summed E-state index contributed by atoms with van der Waals surface area (Å²) in [5.41, 5.74) is 0.982. The molecule has 5 heteroatoms. The van der Waals surface area contributed by atoms with Crippen molar-refractivity contribution in [2.45, 2.75) is 13.0 Å². The lowest BCUT2D eigenvalue weighted by Gasteiger charge is -2.15. The summed E-state index contributed by atoms with van der Waals surface area (Å²) in [7, 11) is 3.26. The predicted molar refractivity (Wildman–Crippen MR) is 73.7 cm³/mol. The van der Waals surface area contributed by atoms with Gasteiger partial charge in [-0.1, -0.05) is 0 Å². The Labute approximate surface area is 111 Å². The molecule has 0 spiro atoms. The summed E-state index contributed by atoms with van der Waals surface area (Å²) in [6.07, 6.45) is 1.81. The molecule has 96 valence electrons. The molecule has 1 atom stereocenters. The molecule has 0 fully saturated rings. The maximum atomic E-state index is 5.27. The Morgan fingerprint density at radius 2 is 2.00 bits per heavy atom. The predicted octanol–water partition coefficient (Wildman–Crippen LogP) is 3.33. The third kappa shape index (κ3) is 2.73. The highest BCUT2D eigenvalue weighted by Gasteiger charge is 2.10. The molecule has 0 saturated heterocycles. The van der Waals surface area contributed by atoms with Crippen LogP contribution in [-0.4, -0.2) is 19.2 Å². The van der Waals surface area contributed by atoms with Crippen molar-refractivity contribution in [1.29, 1.82) is 0 Å². The van der Waals surface area contributed by atoms with E-state index < -0.39 is 0 Å². The Hall–Kier alpha value is -1.75. The van der Waals surface area contributed by atoms with Crippen LogP contribution in [0.5, 0.6) is 11.5 Å². The van der Waals surface area contributed by atoms with E-state index in [2.05, 4.69) is 17.2 Å². The van der Waals surface area contributed by atoms with Crippen LogP contribution >= 0.6 is 11.3 Å². The van der Waals surface area contributed by atoms with Gasteiger partial charge in [0.2, 0.25) is 0 Å². The summed E-state index contributed by atoms with van der Waals surface area (Å²) in [5.74, 6) is 1.44. The fraction of sp³-hybridized carbons (Fsp3) is 0.308. The second kappa shape index (κ2) is 5.73. The number of anilines is 1. The maximum Gasteiger partial charge on any atom is 0.162 e. The van der Waals surface area contributed by atoms with Crippen molar-refractivity contribution in [3.8, 4) is 11.5 Å². The molecule has 0 bridgehead atoms. The van der Waals surface area contributed by atoms with E-state index in [1.807, 2.05) is 29.8 Å². The lowest BCUT2D eigenvalue weighted by molar-refractivity contribution is 0.355. The Balaban J connectivity index is 2.14. The zero-order valence-corrected chi connectivity index (χ0v) is 11.5. The second-order valence-electron chi connectivity index (χ2n) is 3.81. The van der Waals surface area contributed by atoms with Crippen LogP contribution in [-0.2, 0) is 0 Å². The molecule has 1 aromatic carbocycles. The number of methoxy groups -OCH3 is 2. The van der Waals surface area contributed by atoms with Gasteiger partial charge in [0, 0.05) is 23.3 Å². The number of ether oxygens (including phenoxy) is 2. The molecule has 4 nitrogen and oxygen atoms in total. The largest absolute Gasteiger partial charge is 0.493 e. The fourth-order valence-electron chi connectivity index (χ4n) is 1.69. The maximum absolute atomic E-state index is 5.27. The highest BCUT2D eigenvalue weighted by atomic mass is 32.1. The van der Waals surface area contributed by atoms with Crippen molar-refractivity contribution in [3.05, 3.63) is 34.8 Å². The van der Waals surface area contributed by atoms with Crippen LogP contribution in [0.3, 0.4) is 0 Å². The number of rotatable bonds is 5. The Morgan fingerprint density at radius 3 is 2.61 bits per heavy atom. The van der Waals surface area contributed by atoms with Crippen LogP contribution in [0, 0.1) is 0 Å². The van der Waals surface area contributed by atoms with E-state index in [0.29, 0.717) is 5.75 Å². The van der Waals surface area contributed by atoms with Gasteiger partial charge in [-0.3, -0.25) is 0 Å². The summed E-state index contributed by atoms with van der Waals surface area (Å²) in [5, 5.41) is 6.42. The van der Waals surface area contributed by atoms with Crippen LogP contribution in [0.1, 0.15) is 18.0 Å². The number of thiazole rings is 1. The summed E-state index contributed by atoms with van der Waals surface area (Å²) in [4.78, 5) is 4.29. The van der Waals surface area contributed by atoms with E-state index in [1.165, 1.54) is 0 Å². The molecular formula is C13H16N2O2S. The molecule has 0 radical (unpaired) electrons. The molecule has 0 aliphatic heterocycles. The first-order valence-electron chi connectivity index (χ1n) is 5.62. The number of benzene rings is 1. The van der Waals surface area contributed by atoms with Crippen molar-refractivity contribution < 1.29 is 9.47 Å². The molecular weight excluding hydrogens is 248 g/mol. The van der Waals surface area contributed by atoms with Crippen LogP contribution in [0.25, 0.3) is 0 Å². The normalized spacial score (nSPS) is 11.9. The van der Waals surface area contributed by atoms with Crippen molar-refractivity contribution in [2.24, 2.45) is 0 Å². The van der Waals surface area contributed by atoms with E-state index >= 15 is 0 Å². The van der Waals surface area contributed by atoms with E-state index in [4.69, 9.17) is 9.47 Å². The van der Waals surface area contributed by atoms with Gasteiger partial charge in [-0.05, 0) is 19.1 Å². The van der Waals surface area contributed by atoms with Crippen LogP contribution in [0.2, 0.25) is 0 Å². The van der Waals surface area contributed by atoms with E-state index in [1.54, 1.807) is 25.6 Å². The quantitative estimate of drug-likeness (QED) is 0.899. The molecule has 0 amide bonds. The lowest BCUT2D eigenvalue weighted by atomic mass is 10.2. The Kier molecular flexibility index (Phi) is 4.04. The lowest BCUT2D eigenvalue weighted by Crippen LogP contribution is -2.06.